The number of phenolic OH excluding ortho intramolecular Hbond substituents is 4. The first-order valence-electron chi connectivity index (χ1n) is 26.6. The van der Waals surface area contributed by atoms with E-state index in [0.29, 0.717) is 30.0 Å². The van der Waals surface area contributed by atoms with Crippen LogP contribution >= 0.6 is 0 Å². The molecule has 1 amide bonds. The molecule has 2 aliphatic rings. The molecule has 1 atom stereocenters. The van der Waals surface area contributed by atoms with Gasteiger partial charge in [-0.15, -0.1) is 0 Å². The first kappa shape index (κ1) is 66.4. The number of hydrogen-bond donors (Lipinski definition) is 16. The number of aliphatic hydroxyl groups excluding tert-OH is 1. The summed E-state index contributed by atoms with van der Waals surface area (Å²) in [6, 6.07) is 47.6. The Kier molecular flexibility index (Phi) is 28.9. The minimum Gasteiger partial charge on any atom is -0.507 e. The fourth-order valence-corrected chi connectivity index (χ4v) is 6.90. The van der Waals surface area contributed by atoms with Gasteiger partial charge in [-0.3, -0.25) is 29.3 Å². The predicted molar refractivity (Wildman–Crippen MR) is 338 cm³/mol. The Bertz CT molecular complexity index is 3910. The number of aromatic hydroxyl groups is 6. The highest BCUT2D eigenvalue weighted by atomic mass is 16.3. The Hall–Kier alpha value is -12.4. The van der Waals surface area contributed by atoms with E-state index in [1.54, 1.807) is 110 Å². The van der Waals surface area contributed by atoms with Gasteiger partial charge in [0.1, 0.15) is 34.3 Å². The fourth-order valence-electron chi connectivity index (χ4n) is 6.90. The molecule has 24 nitrogen and oxygen atoms in total. The zero-order valence-corrected chi connectivity index (χ0v) is 47.0. The monoisotopic (exact) mass is 1190 g/mol. The van der Waals surface area contributed by atoms with Crippen LogP contribution in [0.5, 0.6) is 34.5 Å². The second kappa shape index (κ2) is 38.4. The lowest BCUT2D eigenvalue weighted by Crippen LogP contribution is -2.25. The van der Waals surface area contributed by atoms with E-state index in [2.05, 4.69) is 65.7 Å². The van der Waals surface area contributed by atoms with E-state index < -0.39 is 0 Å². The van der Waals surface area contributed by atoms with E-state index in [0.717, 1.165) is 44.5 Å². The van der Waals surface area contributed by atoms with Gasteiger partial charge in [-0.2, -0.15) is 5.10 Å². The third-order valence-corrected chi connectivity index (χ3v) is 11.1. The molecular formula is C64H65N13O11. The smallest absolute Gasteiger partial charge is 0.250 e. The van der Waals surface area contributed by atoms with Crippen molar-refractivity contribution in [3.63, 3.8) is 0 Å². The Morgan fingerprint density at radius 2 is 1.11 bits per heavy atom. The summed E-state index contributed by atoms with van der Waals surface area (Å²) in [6.07, 6.45) is 25.4. The van der Waals surface area contributed by atoms with E-state index in [-0.39, 0.29) is 51.7 Å². The van der Waals surface area contributed by atoms with Gasteiger partial charge in [0.25, 0.3) is 5.56 Å². The van der Waals surface area contributed by atoms with E-state index >= 15 is 0 Å². The van der Waals surface area contributed by atoms with Crippen molar-refractivity contribution in [2.45, 2.75) is 18.9 Å². The highest BCUT2D eigenvalue weighted by molar-refractivity contribution is 5.88. The van der Waals surface area contributed by atoms with Gasteiger partial charge in [0, 0.05) is 102 Å². The normalized spacial score (nSPS) is 11.7. The average Bonchev–Trinajstić information content (AvgIpc) is 4.62. The molecule has 2 aliphatic heterocycles. The number of nitrogens with one attached hydrogen (secondary N) is 9. The standard InChI is InChI=1S/C10H8O.C9H7NO.C8H7NO.C7H6N2O.C5H9NO.2C5H5NO.C4H4N2O.2C4H5NO.C3H4N2O/c11-10-7-3-5-8-4-1-2-6-9(8)10;11-9-5-1-4-8-7(9)3-2-6-10-8;10-8-3-1-2-7-6(8)4-5-9-7;10-6-3-1-2-5-7(6)9-4-8-5;7-5-2-1-3-6-4-5;2*7-5-3-1-2-4-6-5;7-4-1-2-5-3-6-4;6-4-1-2-5-3-4;6-4-2-1-3-5-4;6-3-1-4-5-2-3/h1-7,11H;1-6,11H;1-5,9-10H;1-4,10H,(H,8,9);1,3,5-7H,2,4H2;2*1-4H,(H,6,7);1-3H,(H,5,6,7);1-3,5-6H;1,3H,2H2,(H,5,6);1-2,6H,(H,4,5). The van der Waals surface area contributed by atoms with Crippen LogP contribution in [0.15, 0.2) is 271 Å². The average molecular weight is 1190 g/mol. The lowest BCUT2D eigenvalue weighted by Gasteiger charge is -2.11. The van der Waals surface area contributed by atoms with Crippen LogP contribution in [0.2, 0.25) is 0 Å². The summed E-state index contributed by atoms with van der Waals surface area (Å²) in [6.45, 7) is 0.705. The molecule has 0 aliphatic carbocycles. The largest absolute Gasteiger partial charge is 0.507 e. The van der Waals surface area contributed by atoms with Gasteiger partial charge in [0.05, 0.1) is 42.2 Å². The van der Waals surface area contributed by atoms with Crippen molar-refractivity contribution in [2.75, 3.05) is 6.54 Å². The van der Waals surface area contributed by atoms with Gasteiger partial charge in [0.2, 0.25) is 17.0 Å². The highest BCUT2D eigenvalue weighted by Gasteiger charge is 2.02. The molecule has 0 saturated heterocycles. The lowest BCUT2D eigenvalue weighted by atomic mass is 10.1. The molecule has 452 valence electrons. The van der Waals surface area contributed by atoms with Crippen molar-refractivity contribution in [1.82, 2.24) is 65.7 Å². The molecule has 0 fully saturated rings. The quantitative estimate of drug-likeness (QED) is 0.0674. The van der Waals surface area contributed by atoms with E-state index in [9.17, 15) is 39.6 Å². The number of carbonyl (C=O) groups is 1. The van der Waals surface area contributed by atoms with E-state index in [1.807, 2.05) is 97.3 Å². The molecule has 8 aromatic heterocycles. The van der Waals surface area contributed by atoms with E-state index in [1.165, 1.54) is 49.3 Å². The number of aliphatic hydroxyl groups is 1. The highest BCUT2D eigenvalue weighted by Crippen LogP contribution is 2.24. The number of rotatable bonds is 0. The van der Waals surface area contributed by atoms with Gasteiger partial charge in [0.15, 0.2) is 5.75 Å². The number of phenols is 4. The molecule has 13 aromatic rings. The van der Waals surface area contributed by atoms with Crippen LogP contribution in [-0.4, -0.2) is 109 Å². The molecule has 0 radical (unpaired) electrons. The van der Waals surface area contributed by atoms with Gasteiger partial charge in [-0.1, -0.05) is 78.9 Å². The molecule has 0 bridgehead atoms. The minimum atomic E-state index is -0.162. The third-order valence-electron chi connectivity index (χ3n) is 11.1. The van der Waals surface area contributed by atoms with Crippen LogP contribution < -0.4 is 27.3 Å². The Morgan fingerprint density at radius 3 is 1.57 bits per heavy atom. The molecule has 24 heteroatoms. The molecule has 0 spiro atoms. The van der Waals surface area contributed by atoms with Crippen LogP contribution in [-0.2, 0) is 4.79 Å². The molecule has 16 N–H and O–H groups in total. The number of fused-ring (bicyclic) bond motifs is 4. The first-order chi connectivity index (χ1) is 42.8. The predicted octanol–water partition coefficient (Wildman–Crippen LogP) is 8.86. The van der Waals surface area contributed by atoms with Crippen LogP contribution in [0, 0.1) is 0 Å². The maximum absolute atomic E-state index is 10.2. The molecule has 5 aromatic carbocycles. The summed E-state index contributed by atoms with van der Waals surface area (Å²) in [4.78, 5) is 68.1. The number of imidazole rings is 1. The van der Waals surface area contributed by atoms with Gasteiger partial charge >= 0.3 is 0 Å². The zero-order valence-electron chi connectivity index (χ0n) is 47.0. The molecule has 10 heterocycles. The number of pyridine rings is 3. The number of amides is 1. The number of aromatic nitrogens is 11. The summed E-state index contributed by atoms with van der Waals surface area (Å²) >= 11 is 0. The molecule has 1 unspecified atom stereocenters. The summed E-state index contributed by atoms with van der Waals surface area (Å²) in [5.41, 5.74) is 3.06. The number of hydrogen-bond acceptors (Lipinski definition) is 16. The summed E-state index contributed by atoms with van der Waals surface area (Å²) in [7, 11) is 0. The van der Waals surface area contributed by atoms with E-state index in [4.69, 9.17) is 15.3 Å². The van der Waals surface area contributed by atoms with Crippen molar-refractivity contribution >= 4 is 49.5 Å². The van der Waals surface area contributed by atoms with Crippen molar-refractivity contribution in [3.05, 3.63) is 288 Å². The topological polar surface area (TPSA) is 396 Å². The van der Waals surface area contributed by atoms with Crippen LogP contribution in [0.25, 0.3) is 43.6 Å². The van der Waals surface area contributed by atoms with Crippen LogP contribution in [0.4, 0.5) is 0 Å². The second-order valence-electron chi connectivity index (χ2n) is 17.6. The van der Waals surface area contributed by atoms with Crippen molar-refractivity contribution in [1.29, 1.82) is 0 Å². The van der Waals surface area contributed by atoms with Crippen molar-refractivity contribution in [3.8, 4) is 34.5 Å². The molecular weight excluding hydrogens is 1130 g/mol. The zero-order chi connectivity index (χ0) is 63.0. The SMILES string of the molecule is O=C1CC=CN1.O=c1cccc[nH]1.O=c1cccc[nH]1.O=c1ccnc[nH]1.OC1CC=CNC1.Oc1cc[nH]c1.Oc1cccc2[nH]ccc12.Oc1cccc2[nH]cnc12.Oc1cccc2ccccc12.Oc1cccc2ncccc12.Oc1cn[nH]c1. The summed E-state index contributed by atoms with van der Waals surface area (Å²) in [5.74, 6) is 1.75. The maximum atomic E-state index is 10.2. The Balaban J connectivity index is 0.000000178. The number of nitrogens with zero attached hydrogens (tertiary/aromatic N) is 4. The Morgan fingerprint density at radius 1 is 0.466 bits per heavy atom. The fraction of sp³-hybridized carbons (Fsp3) is 0.0625. The van der Waals surface area contributed by atoms with Crippen molar-refractivity contribution < 1.29 is 40.5 Å². The number of benzene rings is 5. The second-order valence-corrected chi connectivity index (χ2v) is 17.6. The molecule has 88 heavy (non-hydrogen) atoms. The summed E-state index contributed by atoms with van der Waals surface area (Å²) in [5, 5.41) is 77.7. The van der Waals surface area contributed by atoms with Crippen molar-refractivity contribution in [2.24, 2.45) is 0 Å². The van der Waals surface area contributed by atoms with Gasteiger partial charge in [-0.05, 0) is 96.9 Å². The number of carbonyl (C=O) groups excluding carboxylic acids is 1. The Labute approximate surface area is 501 Å². The molecule has 15 rings (SSSR count). The number of aromatic amines is 7. The number of para-hydroxylation sites is 1. The minimum absolute atomic E-state index is 0.0532. The third kappa shape index (κ3) is 25.8. The molecule has 0 saturated carbocycles. The first-order valence-corrected chi connectivity index (χ1v) is 26.6. The number of H-pyrrole nitrogens is 7. The lowest BCUT2D eigenvalue weighted by molar-refractivity contribution is -0.118. The van der Waals surface area contributed by atoms with Crippen LogP contribution in [0.3, 0.4) is 0 Å². The summed E-state index contributed by atoms with van der Waals surface area (Å²) < 4.78 is 0. The van der Waals surface area contributed by atoms with Crippen LogP contribution in [0.1, 0.15) is 12.8 Å². The van der Waals surface area contributed by atoms with Gasteiger partial charge < -0.3 is 76.3 Å². The maximum Gasteiger partial charge on any atom is 0.250 e. The van der Waals surface area contributed by atoms with Gasteiger partial charge in [-0.25, -0.2) is 9.97 Å². The number of β-amino-alcohol motifs (C(OH)–C–C–N with tert-alkyl or cyclic N) is 1.